The maximum atomic E-state index is 12.0. The number of ether oxygens (including phenoxy) is 2. The summed E-state index contributed by atoms with van der Waals surface area (Å²) in [5, 5.41) is 8.96. The molecule has 3 atom stereocenters. The topological polar surface area (TPSA) is 76.4 Å². The zero-order valence-electron chi connectivity index (χ0n) is 12.0. The molecule has 0 spiro atoms. The normalized spacial score (nSPS) is 23.9. The Bertz CT molecular complexity index is 487. The minimum atomic E-state index is -0.784. The summed E-state index contributed by atoms with van der Waals surface area (Å²) in [5.74, 6) is -1.59. The van der Waals surface area contributed by atoms with Crippen LogP contribution in [0.4, 0.5) is 0 Å². The Morgan fingerprint density at radius 1 is 1.50 bits per heavy atom. The summed E-state index contributed by atoms with van der Waals surface area (Å²) in [5.41, 5.74) is -0.268. The molecule has 0 amide bonds. The van der Waals surface area contributed by atoms with Gasteiger partial charge in [0.2, 0.25) is 0 Å². The van der Waals surface area contributed by atoms with E-state index in [-0.39, 0.29) is 24.1 Å². The van der Waals surface area contributed by atoms with Crippen LogP contribution < -0.4 is 0 Å². The van der Waals surface area contributed by atoms with Gasteiger partial charge < -0.3 is 9.47 Å². The van der Waals surface area contributed by atoms with Crippen LogP contribution in [0.25, 0.3) is 0 Å². The Hall–Kier alpha value is -2.09. The van der Waals surface area contributed by atoms with E-state index in [1.54, 1.807) is 0 Å². The largest absolute Gasteiger partial charge is 0.461 e. The number of hydrogen-bond acceptors (Lipinski definition) is 5. The quantitative estimate of drug-likeness (QED) is 0.421. The monoisotopic (exact) mass is 277 g/mol. The van der Waals surface area contributed by atoms with Gasteiger partial charge in [-0.25, -0.2) is 0 Å². The van der Waals surface area contributed by atoms with Gasteiger partial charge in [0.1, 0.15) is 12.7 Å². The van der Waals surface area contributed by atoms with Crippen molar-refractivity contribution in [3.63, 3.8) is 0 Å². The molecule has 1 rings (SSSR count). The van der Waals surface area contributed by atoms with Crippen molar-refractivity contribution in [2.45, 2.75) is 26.9 Å². The third kappa shape index (κ3) is 3.08. The number of nitriles is 1. The molecule has 20 heavy (non-hydrogen) atoms. The molecular weight excluding hydrogens is 258 g/mol. The fourth-order valence-corrected chi connectivity index (χ4v) is 2.53. The van der Waals surface area contributed by atoms with Crippen molar-refractivity contribution in [1.82, 2.24) is 0 Å². The average Bonchev–Trinajstić information content (AvgIpc) is 2.94. The van der Waals surface area contributed by atoms with E-state index < -0.39 is 23.4 Å². The second-order valence-corrected chi connectivity index (χ2v) is 5.41. The highest BCUT2D eigenvalue weighted by Crippen LogP contribution is 2.61. The van der Waals surface area contributed by atoms with Crippen LogP contribution in [0, 0.1) is 28.6 Å². The Kier molecular flexibility index (Phi) is 4.72. The minimum Gasteiger partial charge on any atom is -0.461 e. The standard InChI is InChI=1S/C15H19NO4/c1-6-7-19-14(18)12-11(15(12,4)5)13(9(2)8-16)20-10(3)17/h6,11-13H,1-2,7H2,3-5H3. The summed E-state index contributed by atoms with van der Waals surface area (Å²) in [6.45, 7) is 12.2. The number of nitrogens with zero attached hydrogens (tertiary/aromatic N) is 1. The van der Waals surface area contributed by atoms with Gasteiger partial charge in [-0.2, -0.15) is 5.26 Å². The third-order valence-electron chi connectivity index (χ3n) is 3.61. The number of rotatable bonds is 6. The smallest absolute Gasteiger partial charge is 0.310 e. The van der Waals surface area contributed by atoms with Crippen LogP contribution in [0.15, 0.2) is 24.8 Å². The predicted octanol–water partition coefficient (Wildman–Crippen LogP) is 2.00. The summed E-state index contributed by atoms with van der Waals surface area (Å²) in [6.07, 6.45) is 0.703. The molecule has 0 bridgehead atoms. The molecule has 0 saturated heterocycles. The van der Waals surface area contributed by atoms with Crippen LogP contribution in [0.5, 0.6) is 0 Å². The van der Waals surface area contributed by atoms with E-state index in [0.29, 0.717) is 0 Å². The lowest BCUT2D eigenvalue weighted by atomic mass is 10.0. The fraction of sp³-hybridized carbons (Fsp3) is 0.533. The maximum absolute atomic E-state index is 12.0. The molecule has 1 aliphatic rings. The Morgan fingerprint density at radius 2 is 2.10 bits per heavy atom. The number of carbonyl (C=O) groups is 2. The Morgan fingerprint density at radius 3 is 2.55 bits per heavy atom. The van der Waals surface area contributed by atoms with Crippen LogP contribution in [0.2, 0.25) is 0 Å². The summed E-state index contributed by atoms with van der Waals surface area (Å²) < 4.78 is 10.2. The Balaban J connectivity index is 2.89. The van der Waals surface area contributed by atoms with Gasteiger partial charge in [0.25, 0.3) is 0 Å². The van der Waals surface area contributed by atoms with Crippen molar-refractivity contribution in [3.05, 3.63) is 24.8 Å². The number of hydrogen-bond donors (Lipinski definition) is 0. The van der Waals surface area contributed by atoms with E-state index in [1.165, 1.54) is 13.0 Å². The summed E-state index contributed by atoms with van der Waals surface area (Å²) >= 11 is 0. The van der Waals surface area contributed by atoms with Gasteiger partial charge in [-0.3, -0.25) is 9.59 Å². The molecular formula is C15H19NO4. The van der Waals surface area contributed by atoms with E-state index in [1.807, 2.05) is 19.9 Å². The fourth-order valence-electron chi connectivity index (χ4n) is 2.53. The van der Waals surface area contributed by atoms with E-state index in [9.17, 15) is 9.59 Å². The highest BCUT2D eigenvalue weighted by molar-refractivity contribution is 5.78. The van der Waals surface area contributed by atoms with Crippen molar-refractivity contribution in [3.8, 4) is 6.07 Å². The molecule has 108 valence electrons. The number of carbonyl (C=O) groups excluding carboxylic acids is 2. The van der Waals surface area contributed by atoms with Crippen LogP contribution in [-0.4, -0.2) is 24.6 Å². The van der Waals surface area contributed by atoms with Crippen molar-refractivity contribution in [2.75, 3.05) is 6.61 Å². The molecule has 0 N–H and O–H groups in total. The first-order chi connectivity index (χ1) is 9.27. The lowest BCUT2D eigenvalue weighted by Crippen LogP contribution is -2.23. The second kappa shape index (κ2) is 5.91. The molecule has 0 aromatic heterocycles. The molecule has 0 aromatic rings. The molecule has 1 saturated carbocycles. The molecule has 0 heterocycles. The summed E-state index contributed by atoms with van der Waals surface area (Å²) in [7, 11) is 0. The molecule has 3 unspecified atom stereocenters. The van der Waals surface area contributed by atoms with Gasteiger partial charge in [-0.05, 0) is 5.41 Å². The summed E-state index contributed by atoms with van der Waals surface area (Å²) in [4.78, 5) is 23.1. The lowest BCUT2D eigenvalue weighted by Gasteiger charge is -2.16. The van der Waals surface area contributed by atoms with Crippen molar-refractivity contribution in [1.29, 1.82) is 5.26 Å². The van der Waals surface area contributed by atoms with Gasteiger partial charge in [-0.15, -0.1) is 0 Å². The minimum absolute atomic E-state index is 0.134. The first kappa shape index (κ1) is 16.0. The lowest BCUT2D eigenvalue weighted by molar-refractivity contribution is -0.149. The first-order valence-electron chi connectivity index (χ1n) is 6.31. The Labute approximate surface area is 118 Å². The molecule has 1 fully saturated rings. The SMILES string of the molecule is C=CCOC(=O)C1C(C(OC(C)=O)C(=C)C#N)C1(C)C. The first-order valence-corrected chi connectivity index (χ1v) is 6.31. The zero-order chi connectivity index (χ0) is 15.5. The maximum Gasteiger partial charge on any atom is 0.310 e. The zero-order valence-corrected chi connectivity index (χ0v) is 12.0. The molecule has 5 nitrogen and oxygen atoms in total. The van der Waals surface area contributed by atoms with E-state index >= 15 is 0 Å². The van der Waals surface area contributed by atoms with Gasteiger partial charge in [0.05, 0.1) is 17.6 Å². The van der Waals surface area contributed by atoms with E-state index in [4.69, 9.17) is 14.7 Å². The molecule has 0 radical (unpaired) electrons. The van der Waals surface area contributed by atoms with E-state index in [2.05, 4.69) is 13.2 Å². The highest BCUT2D eigenvalue weighted by Gasteiger charge is 2.67. The third-order valence-corrected chi connectivity index (χ3v) is 3.61. The van der Waals surface area contributed by atoms with Gasteiger partial charge in [0, 0.05) is 12.8 Å². The van der Waals surface area contributed by atoms with Crippen molar-refractivity contribution >= 4 is 11.9 Å². The second-order valence-electron chi connectivity index (χ2n) is 5.41. The molecule has 1 aliphatic carbocycles. The highest BCUT2D eigenvalue weighted by atomic mass is 16.5. The van der Waals surface area contributed by atoms with Crippen LogP contribution >= 0.6 is 0 Å². The van der Waals surface area contributed by atoms with Gasteiger partial charge in [0.15, 0.2) is 0 Å². The molecule has 0 aliphatic heterocycles. The van der Waals surface area contributed by atoms with Gasteiger partial charge in [-0.1, -0.05) is 33.1 Å². The van der Waals surface area contributed by atoms with E-state index in [0.717, 1.165) is 0 Å². The van der Waals surface area contributed by atoms with Crippen LogP contribution in [-0.2, 0) is 19.1 Å². The average molecular weight is 277 g/mol. The summed E-state index contributed by atoms with van der Waals surface area (Å²) in [6, 6.07) is 1.89. The van der Waals surface area contributed by atoms with Crippen LogP contribution in [0.1, 0.15) is 20.8 Å². The molecule has 0 aromatic carbocycles. The van der Waals surface area contributed by atoms with Crippen LogP contribution in [0.3, 0.4) is 0 Å². The van der Waals surface area contributed by atoms with Gasteiger partial charge >= 0.3 is 11.9 Å². The molecule has 5 heteroatoms. The number of esters is 2. The van der Waals surface area contributed by atoms with Crippen molar-refractivity contribution in [2.24, 2.45) is 17.3 Å². The predicted molar refractivity (Wildman–Crippen MR) is 72.2 cm³/mol. The van der Waals surface area contributed by atoms with Crippen molar-refractivity contribution < 1.29 is 19.1 Å².